The van der Waals surface area contributed by atoms with Crippen LogP contribution in [-0.2, 0) is 16.8 Å². The van der Waals surface area contributed by atoms with Crippen LogP contribution in [0.3, 0.4) is 0 Å². The second kappa shape index (κ2) is 13.2. The summed E-state index contributed by atoms with van der Waals surface area (Å²) in [4.78, 5) is 30.7. The van der Waals surface area contributed by atoms with Gasteiger partial charge in [0.25, 0.3) is 5.56 Å². The number of fused-ring (bicyclic) bond motifs is 1. The Morgan fingerprint density at radius 2 is 1.87 bits per heavy atom. The van der Waals surface area contributed by atoms with E-state index >= 15 is 0 Å². The van der Waals surface area contributed by atoms with Gasteiger partial charge in [0.2, 0.25) is 0 Å². The lowest BCUT2D eigenvalue weighted by Gasteiger charge is -2.32. The van der Waals surface area contributed by atoms with Gasteiger partial charge < -0.3 is 14.8 Å². The molecule has 3 heterocycles. The van der Waals surface area contributed by atoms with Crippen molar-refractivity contribution < 1.29 is 13.9 Å². The van der Waals surface area contributed by atoms with Crippen LogP contribution in [0.1, 0.15) is 70.6 Å². The third-order valence-corrected chi connectivity index (χ3v) is 9.72. The van der Waals surface area contributed by atoms with Gasteiger partial charge in [0.1, 0.15) is 27.5 Å². The molecule has 5 rings (SSSR count). The van der Waals surface area contributed by atoms with Gasteiger partial charge in [-0.25, -0.2) is 9.18 Å². The number of hydrogen-bond donors (Lipinski definition) is 1. The lowest BCUT2D eigenvalue weighted by atomic mass is 9.88. The van der Waals surface area contributed by atoms with Crippen molar-refractivity contribution in [3.8, 4) is 16.8 Å². The highest BCUT2D eigenvalue weighted by Gasteiger charge is 2.33. The fraction of sp³-hybridized carbons (Fsp3) is 0.531. The molecule has 45 heavy (non-hydrogen) atoms. The predicted octanol–water partition coefficient (Wildman–Crippen LogP) is 4.83. The van der Waals surface area contributed by atoms with Crippen LogP contribution in [0.15, 0.2) is 40.2 Å². The van der Waals surface area contributed by atoms with Crippen LogP contribution in [0.5, 0.6) is 5.75 Å². The first-order valence-corrected chi connectivity index (χ1v) is 16.0. The van der Waals surface area contributed by atoms with E-state index in [1.165, 1.54) is 39.9 Å². The number of ether oxygens (including phenoxy) is 2. The van der Waals surface area contributed by atoms with Crippen LogP contribution >= 0.6 is 11.3 Å². The van der Waals surface area contributed by atoms with Gasteiger partial charge in [-0.1, -0.05) is 25.2 Å². The number of hydrogen-bond acceptors (Lipinski definition) is 9. The summed E-state index contributed by atoms with van der Waals surface area (Å²) in [5.41, 5.74) is -0.677. The molecule has 1 N–H and O–H groups in total. The Balaban J connectivity index is 1.71. The van der Waals surface area contributed by atoms with E-state index in [-0.39, 0.29) is 24.6 Å². The van der Waals surface area contributed by atoms with E-state index < -0.39 is 28.7 Å². The highest BCUT2D eigenvalue weighted by Crippen LogP contribution is 2.37. The molecule has 0 spiro atoms. The summed E-state index contributed by atoms with van der Waals surface area (Å²) < 4.78 is 29.9. The quantitative estimate of drug-likeness (QED) is 0.248. The third-order valence-electron chi connectivity index (χ3n) is 8.44. The molecular weight excluding hydrogens is 597 g/mol. The van der Waals surface area contributed by atoms with Gasteiger partial charge >= 0.3 is 5.69 Å². The molecule has 0 saturated heterocycles. The molecule has 1 atom stereocenters. The second-order valence-corrected chi connectivity index (χ2v) is 13.5. The number of thiophene rings is 1. The minimum Gasteiger partial charge on any atom is -0.496 e. The van der Waals surface area contributed by atoms with Crippen LogP contribution in [0.4, 0.5) is 4.39 Å². The minimum atomic E-state index is -0.893. The first kappa shape index (κ1) is 32.5. The van der Waals surface area contributed by atoms with E-state index in [1.807, 2.05) is 34.6 Å². The molecule has 1 aliphatic rings. The molecule has 1 aliphatic carbocycles. The number of nitrogens with one attached hydrogen (secondary N) is 1. The van der Waals surface area contributed by atoms with Gasteiger partial charge in [0, 0.05) is 29.6 Å². The standard InChI is InChI=1S/C32H40FN7O4S/c1-19(2)35-18-32(4,5)39-28(41)27-20(3)29(40-36-13-14-37-40)45-30(27)38(31(39)42)17-26(24-15-22(33)9-12-25(24)43-6)44-23-10-7-21(16-34)8-11-23/h9,12-15,19,21,23,26,35H,7-8,10-11,17-18H2,1-6H3/t21-,23+,26-/m0/s1. The molecule has 0 unspecified atom stereocenters. The normalized spacial score (nSPS) is 17.9. The molecule has 1 aromatic carbocycles. The smallest absolute Gasteiger partial charge is 0.332 e. The van der Waals surface area contributed by atoms with Gasteiger partial charge in [0.15, 0.2) is 0 Å². The largest absolute Gasteiger partial charge is 0.496 e. The fourth-order valence-corrected chi connectivity index (χ4v) is 7.19. The van der Waals surface area contributed by atoms with E-state index in [0.29, 0.717) is 64.3 Å². The maximum absolute atomic E-state index is 14.7. The summed E-state index contributed by atoms with van der Waals surface area (Å²) in [6, 6.07) is 6.72. The minimum absolute atomic E-state index is 0.00672. The van der Waals surface area contributed by atoms with Gasteiger partial charge in [-0.15, -0.1) is 4.80 Å². The Kier molecular flexibility index (Phi) is 9.57. The van der Waals surface area contributed by atoms with Gasteiger partial charge in [-0.05, 0) is 64.7 Å². The van der Waals surface area contributed by atoms with Crippen LogP contribution < -0.4 is 21.3 Å². The van der Waals surface area contributed by atoms with Crippen LogP contribution in [-0.4, -0.2) is 49.9 Å². The van der Waals surface area contributed by atoms with E-state index in [1.54, 1.807) is 23.0 Å². The lowest BCUT2D eigenvalue weighted by Crippen LogP contribution is -2.53. The summed E-state index contributed by atoms with van der Waals surface area (Å²) in [7, 11) is 1.51. The Morgan fingerprint density at radius 3 is 2.49 bits per heavy atom. The Morgan fingerprint density at radius 1 is 1.18 bits per heavy atom. The number of rotatable bonds is 11. The predicted molar refractivity (Wildman–Crippen MR) is 171 cm³/mol. The second-order valence-electron chi connectivity index (χ2n) is 12.5. The van der Waals surface area contributed by atoms with Crippen molar-refractivity contribution in [1.29, 1.82) is 5.26 Å². The monoisotopic (exact) mass is 637 g/mol. The Bertz CT molecular complexity index is 1810. The van der Waals surface area contributed by atoms with Crippen molar-refractivity contribution in [3.63, 3.8) is 0 Å². The zero-order valence-corrected chi connectivity index (χ0v) is 27.4. The van der Waals surface area contributed by atoms with Crippen molar-refractivity contribution in [2.45, 2.75) is 90.6 Å². The molecular formula is C32H40FN7O4S. The van der Waals surface area contributed by atoms with E-state index in [9.17, 15) is 19.2 Å². The van der Waals surface area contributed by atoms with Crippen molar-refractivity contribution in [2.24, 2.45) is 5.92 Å². The number of methoxy groups -OCH3 is 1. The summed E-state index contributed by atoms with van der Waals surface area (Å²) in [6.45, 7) is 9.92. The summed E-state index contributed by atoms with van der Waals surface area (Å²) in [5.74, 6) is -0.0622. The van der Waals surface area contributed by atoms with Gasteiger partial charge in [-0.2, -0.15) is 15.5 Å². The number of halogens is 1. The molecule has 0 amide bonds. The molecule has 11 nitrogen and oxygen atoms in total. The lowest BCUT2D eigenvalue weighted by molar-refractivity contribution is -0.0437. The van der Waals surface area contributed by atoms with E-state index in [2.05, 4.69) is 21.6 Å². The zero-order chi connectivity index (χ0) is 32.5. The maximum Gasteiger partial charge on any atom is 0.332 e. The highest BCUT2D eigenvalue weighted by molar-refractivity contribution is 7.21. The van der Waals surface area contributed by atoms with Crippen molar-refractivity contribution in [3.05, 3.63) is 68.4 Å². The molecule has 0 aliphatic heterocycles. The summed E-state index contributed by atoms with van der Waals surface area (Å²) in [5, 5.41) is 22.3. The molecule has 13 heteroatoms. The maximum atomic E-state index is 14.7. The van der Waals surface area contributed by atoms with Gasteiger partial charge in [0.05, 0.1) is 49.1 Å². The summed E-state index contributed by atoms with van der Waals surface area (Å²) in [6.07, 6.45) is 4.83. The molecule has 240 valence electrons. The molecule has 3 aromatic heterocycles. The number of benzene rings is 1. The Labute approximate surface area is 265 Å². The average Bonchev–Trinajstić information content (AvgIpc) is 3.66. The molecule has 1 saturated carbocycles. The Hall–Kier alpha value is -3.86. The number of nitrogens with zero attached hydrogens (tertiary/aromatic N) is 6. The zero-order valence-electron chi connectivity index (χ0n) is 26.5. The first-order chi connectivity index (χ1) is 21.4. The number of nitriles is 1. The van der Waals surface area contributed by atoms with Crippen LogP contribution in [0.25, 0.3) is 15.2 Å². The fourth-order valence-electron chi connectivity index (χ4n) is 5.97. The number of aromatic nitrogens is 5. The van der Waals surface area contributed by atoms with Crippen molar-refractivity contribution >= 4 is 21.6 Å². The first-order valence-electron chi connectivity index (χ1n) is 15.2. The van der Waals surface area contributed by atoms with E-state index in [0.717, 1.165) is 0 Å². The molecule has 0 bridgehead atoms. The van der Waals surface area contributed by atoms with Crippen LogP contribution in [0.2, 0.25) is 0 Å². The molecule has 4 aromatic rings. The van der Waals surface area contributed by atoms with E-state index in [4.69, 9.17) is 9.47 Å². The van der Waals surface area contributed by atoms with Crippen molar-refractivity contribution in [2.75, 3.05) is 13.7 Å². The average molecular weight is 638 g/mol. The van der Waals surface area contributed by atoms with Gasteiger partial charge in [-0.3, -0.25) is 13.9 Å². The molecule has 1 fully saturated rings. The molecule has 0 radical (unpaired) electrons. The highest BCUT2D eigenvalue weighted by atomic mass is 32.1. The third kappa shape index (κ3) is 6.59. The summed E-state index contributed by atoms with van der Waals surface area (Å²) >= 11 is 1.25. The van der Waals surface area contributed by atoms with Crippen molar-refractivity contribution in [1.82, 2.24) is 29.4 Å². The SMILES string of the molecule is COc1ccc(F)cc1[C@H](Cn1c(=O)n(C(C)(C)CNC(C)C)c(=O)c2c(C)c(-n3nccn3)sc21)O[C@H]1CC[C@@H](C#N)CC1. The topological polar surface area (TPSA) is 129 Å². The number of aryl methyl sites for hydroxylation is 1. The van der Waals surface area contributed by atoms with Crippen LogP contribution in [0, 0.1) is 30.0 Å².